The monoisotopic (exact) mass is 469 g/mol. The molecular formula is C25H31N3O6. The van der Waals surface area contributed by atoms with Crippen LogP contribution >= 0.6 is 0 Å². The molecule has 34 heavy (non-hydrogen) atoms. The molecule has 1 aliphatic rings. The number of hydrogen-bond acceptors (Lipinski definition) is 6. The third kappa shape index (κ3) is 7.57. The van der Waals surface area contributed by atoms with Crippen molar-refractivity contribution in [2.75, 3.05) is 11.9 Å². The van der Waals surface area contributed by atoms with Gasteiger partial charge in [0.2, 0.25) is 5.91 Å². The summed E-state index contributed by atoms with van der Waals surface area (Å²) < 4.78 is 10.3. The number of amides is 3. The average molecular weight is 470 g/mol. The number of carbonyl (C=O) groups excluding carboxylic acids is 3. The topological polar surface area (TPSA) is 126 Å². The molecule has 2 aromatic carbocycles. The lowest BCUT2D eigenvalue weighted by molar-refractivity contribution is -0.127. The largest absolute Gasteiger partial charge is 0.444 e. The van der Waals surface area contributed by atoms with Gasteiger partial charge in [-0.25, -0.2) is 4.79 Å². The summed E-state index contributed by atoms with van der Waals surface area (Å²) >= 11 is 0. The molecule has 1 saturated heterocycles. The lowest BCUT2D eigenvalue weighted by Gasteiger charge is -2.23. The Labute approximate surface area is 198 Å². The van der Waals surface area contributed by atoms with E-state index in [2.05, 4.69) is 16.0 Å². The van der Waals surface area contributed by atoms with Crippen LogP contribution in [0.4, 0.5) is 10.5 Å². The Morgan fingerprint density at radius 2 is 1.79 bits per heavy atom. The van der Waals surface area contributed by atoms with E-state index in [1.807, 2.05) is 44.2 Å². The van der Waals surface area contributed by atoms with Crippen molar-refractivity contribution < 1.29 is 29.0 Å². The summed E-state index contributed by atoms with van der Waals surface area (Å²) in [6.07, 6.45) is -0.697. The quantitative estimate of drug-likeness (QED) is 0.447. The van der Waals surface area contributed by atoms with Crippen molar-refractivity contribution in [2.45, 2.75) is 51.7 Å². The van der Waals surface area contributed by atoms with E-state index in [1.165, 1.54) is 0 Å². The molecule has 0 aromatic heterocycles. The predicted octanol–water partition coefficient (Wildman–Crippen LogP) is 2.80. The molecule has 4 N–H and O–H groups in total. The van der Waals surface area contributed by atoms with Gasteiger partial charge in [0.05, 0.1) is 12.6 Å². The van der Waals surface area contributed by atoms with E-state index in [0.717, 1.165) is 5.56 Å². The maximum Gasteiger partial charge on any atom is 0.411 e. The summed E-state index contributed by atoms with van der Waals surface area (Å²) in [4.78, 5) is 37.5. The zero-order chi connectivity index (χ0) is 24.5. The summed E-state index contributed by atoms with van der Waals surface area (Å²) in [6.45, 7) is 4.43. The van der Waals surface area contributed by atoms with Crippen LogP contribution in [0, 0.1) is 5.92 Å². The molecule has 3 rings (SSSR count). The van der Waals surface area contributed by atoms with Gasteiger partial charge in [-0.05, 0) is 48.6 Å². The van der Waals surface area contributed by atoms with Crippen LogP contribution in [-0.2, 0) is 20.9 Å². The second-order valence-corrected chi connectivity index (χ2v) is 8.58. The van der Waals surface area contributed by atoms with Crippen molar-refractivity contribution in [3.05, 3.63) is 65.7 Å². The number of benzene rings is 2. The Bertz CT molecular complexity index is 964. The summed E-state index contributed by atoms with van der Waals surface area (Å²) in [5, 5.41) is 17.9. The fraction of sp³-hybridized carbons (Fsp3) is 0.400. The first kappa shape index (κ1) is 25.2. The molecule has 0 saturated carbocycles. The lowest BCUT2D eigenvalue weighted by atomic mass is 10.0. The fourth-order valence-electron chi connectivity index (χ4n) is 3.53. The molecular weight excluding hydrogens is 438 g/mol. The van der Waals surface area contributed by atoms with E-state index < -0.39 is 30.4 Å². The first-order valence-corrected chi connectivity index (χ1v) is 11.3. The molecule has 9 nitrogen and oxygen atoms in total. The minimum absolute atomic E-state index is 0.149. The first-order valence-electron chi connectivity index (χ1n) is 11.3. The standard InChI is InChI=1S/C25H31N3O6/c1-16(2)14-21(23(30)27-20-12-13-33-24(20)31)28-22(29)18-8-10-19(11-9-18)26-25(32)34-15-17-6-4-3-5-7-17/h3-11,16,20-21,24,31H,12-15H2,1-2H3,(H,26,32)(H,27,30)(H,28,29)/t20-,21-,24?/m0/s1. The highest BCUT2D eigenvalue weighted by atomic mass is 16.6. The molecule has 2 aromatic rings. The van der Waals surface area contributed by atoms with E-state index in [4.69, 9.17) is 9.47 Å². The predicted molar refractivity (Wildman–Crippen MR) is 126 cm³/mol. The van der Waals surface area contributed by atoms with Gasteiger partial charge >= 0.3 is 6.09 Å². The summed E-state index contributed by atoms with van der Waals surface area (Å²) in [6, 6.07) is 14.4. The minimum Gasteiger partial charge on any atom is -0.444 e. The van der Waals surface area contributed by atoms with Gasteiger partial charge in [-0.15, -0.1) is 0 Å². The van der Waals surface area contributed by atoms with Gasteiger partial charge in [0.25, 0.3) is 5.91 Å². The van der Waals surface area contributed by atoms with Crippen molar-refractivity contribution in [3.63, 3.8) is 0 Å². The molecule has 0 radical (unpaired) electrons. The van der Waals surface area contributed by atoms with Gasteiger partial charge in [0.1, 0.15) is 12.6 Å². The van der Waals surface area contributed by atoms with Crippen LogP contribution in [0.2, 0.25) is 0 Å². The van der Waals surface area contributed by atoms with Crippen LogP contribution in [0.3, 0.4) is 0 Å². The number of ether oxygens (including phenoxy) is 2. The average Bonchev–Trinajstić information content (AvgIpc) is 3.22. The van der Waals surface area contributed by atoms with Crippen molar-refractivity contribution in [1.29, 1.82) is 0 Å². The number of carbonyl (C=O) groups is 3. The van der Waals surface area contributed by atoms with Crippen LogP contribution < -0.4 is 16.0 Å². The van der Waals surface area contributed by atoms with E-state index in [9.17, 15) is 19.5 Å². The number of hydrogen-bond donors (Lipinski definition) is 4. The molecule has 0 aliphatic carbocycles. The van der Waals surface area contributed by atoms with E-state index in [-0.39, 0.29) is 18.4 Å². The summed E-state index contributed by atoms with van der Waals surface area (Å²) in [5.74, 6) is -0.618. The minimum atomic E-state index is -1.04. The Kier molecular flexibility index (Phi) is 9.00. The second kappa shape index (κ2) is 12.2. The molecule has 1 aliphatic heterocycles. The van der Waals surface area contributed by atoms with Crippen molar-refractivity contribution in [1.82, 2.24) is 10.6 Å². The van der Waals surface area contributed by atoms with E-state index >= 15 is 0 Å². The molecule has 0 bridgehead atoms. The SMILES string of the molecule is CC(C)C[C@H](NC(=O)c1ccc(NC(=O)OCc2ccccc2)cc1)C(=O)N[C@H]1CCOC1O. The maximum absolute atomic E-state index is 12.8. The molecule has 1 fully saturated rings. The normalized spacial score (nSPS) is 18.2. The number of nitrogens with one attached hydrogen (secondary N) is 3. The third-order valence-corrected chi connectivity index (χ3v) is 5.32. The third-order valence-electron chi connectivity index (χ3n) is 5.32. The highest BCUT2D eigenvalue weighted by Gasteiger charge is 2.31. The molecule has 182 valence electrons. The molecule has 3 amide bonds. The van der Waals surface area contributed by atoms with Crippen LogP contribution in [0.1, 0.15) is 42.6 Å². The highest BCUT2D eigenvalue weighted by molar-refractivity contribution is 5.98. The fourth-order valence-corrected chi connectivity index (χ4v) is 3.53. The highest BCUT2D eigenvalue weighted by Crippen LogP contribution is 2.14. The smallest absolute Gasteiger partial charge is 0.411 e. The van der Waals surface area contributed by atoms with E-state index in [0.29, 0.717) is 30.7 Å². The van der Waals surface area contributed by atoms with Gasteiger partial charge in [-0.3, -0.25) is 14.9 Å². The molecule has 9 heteroatoms. The van der Waals surface area contributed by atoms with Crippen molar-refractivity contribution >= 4 is 23.6 Å². The number of rotatable bonds is 9. The summed E-state index contributed by atoms with van der Waals surface area (Å²) in [7, 11) is 0. The summed E-state index contributed by atoms with van der Waals surface area (Å²) in [5.41, 5.74) is 1.69. The number of aliphatic hydroxyl groups excluding tert-OH is 1. The van der Waals surface area contributed by atoms with Crippen molar-refractivity contribution in [3.8, 4) is 0 Å². The van der Waals surface area contributed by atoms with Gasteiger partial charge < -0.3 is 25.2 Å². The maximum atomic E-state index is 12.8. The van der Waals surface area contributed by atoms with Crippen LogP contribution in [-0.4, -0.2) is 48.0 Å². The van der Waals surface area contributed by atoms with E-state index in [1.54, 1.807) is 24.3 Å². The first-order chi connectivity index (χ1) is 16.3. The van der Waals surface area contributed by atoms with Gasteiger partial charge in [0, 0.05) is 11.3 Å². The number of aliphatic hydroxyl groups is 1. The van der Waals surface area contributed by atoms with Gasteiger partial charge in [-0.2, -0.15) is 0 Å². The van der Waals surface area contributed by atoms with Crippen LogP contribution in [0.25, 0.3) is 0 Å². The molecule has 1 unspecified atom stereocenters. The molecule has 1 heterocycles. The Morgan fingerprint density at radius 3 is 2.41 bits per heavy atom. The van der Waals surface area contributed by atoms with Crippen LogP contribution in [0.15, 0.2) is 54.6 Å². The molecule has 3 atom stereocenters. The van der Waals surface area contributed by atoms with Crippen LogP contribution in [0.5, 0.6) is 0 Å². The second-order valence-electron chi connectivity index (χ2n) is 8.58. The van der Waals surface area contributed by atoms with Gasteiger partial charge in [0.15, 0.2) is 6.29 Å². The van der Waals surface area contributed by atoms with Gasteiger partial charge in [-0.1, -0.05) is 44.2 Å². The molecule has 0 spiro atoms. The number of anilines is 1. The van der Waals surface area contributed by atoms with Crippen molar-refractivity contribution in [2.24, 2.45) is 5.92 Å². The Morgan fingerprint density at radius 1 is 1.09 bits per heavy atom. The zero-order valence-corrected chi connectivity index (χ0v) is 19.3. The zero-order valence-electron chi connectivity index (χ0n) is 19.3. The Balaban J connectivity index is 1.53. The lowest BCUT2D eigenvalue weighted by Crippen LogP contribution is -2.51. The Hall–Kier alpha value is -3.43.